The van der Waals surface area contributed by atoms with E-state index in [1.165, 1.54) is 22.7 Å². The van der Waals surface area contributed by atoms with Crippen molar-refractivity contribution in [2.45, 2.75) is 5.92 Å². The van der Waals surface area contributed by atoms with Crippen molar-refractivity contribution < 1.29 is 18.7 Å². The molecule has 0 atom stereocenters. The second-order valence-electron chi connectivity index (χ2n) is 3.46. The van der Waals surface area contributed by atoms with E-state index in [1.54, 1.807) is 6.07 Å². The Morgan fingerprint density at radius 2 is 2.24 bits per heavy atom. The summed E-state index contributed by atoms with van der Waals surface area (Å²) in [6, 6.07) is 3.56. The number of aliphatic hydroxyl groups is 1. The zero-order chi connectivity index (χ0) is 12.5. The van der Waals surface area contributed by atoms with Crippen LogP contribution in [0, 0.1) is 0 Å². The molecule has 2 N–H and O–H groups in total. The first-order valence-electron chi connectivity index (χ1n) is 4.76. The van der Waals surface area contributed by atoms with Crippen LogP contribution in [0.15, 0.2) is 17.5 Å². The van der Waals surface area contributed by atoms with Crippen LogP contribution in [0.3, 0.4) is 0 Å². The maximum Gasteiger partial charge on any atom is 0.287 e. The number of aliphatic hydroxyl groups excluding tert-OH is 1. The highest BCUT2D eigenvalue weighted by atomic mass is 32.1. The number of carbonyl (C=O) groups excluding carboxylic acids is 1. The molecule has 0 radical (unpaired) electrons. The average Bonchev–Trinajstić information content (AvgIpc) is 2.86. The first-order valence-corrected chi connectivity index (χ1v) is 6.45. The monoisotopic (exact) mass is 277 g/mol. The molecule has 2 aromatic rings. The van der Waals surface area contributed by atoms with Crippen LogP contribution in [0.5, 0.6) is 0 Å². The lowest BCUT2D eigenvalue weighted by molar-refractivity contribution is -0.0461. The molecule has 2 rings (SSSR count). The van der Waals surface area contributed by atoms with Gasteiger partial charge in [-0.1, -0.05) is 0 Å². The van der Waals surface area contributed by atoms with Crippen molar-refractivity contribution in [2.75, 3.05) is 13.2 Å². The van der Waals surface area contributed by atoms with Gasteiger partial charge in [0.05, 0.1) is 11.4 Å². The highest BCUT2D eigenvalue weighted by Crippen LogP contribution is 2.29. The fourth-order valence-electron chi connectivity index (χ4n) is 1.23. The van der Waals surface area contributed by atoms with Gasteiger partial charge in [0.1, 0.15) is 6.61 Å². The van der Waals surface area contributed by atoms with Crippen molar-refractivity contribution in [1.29, 1.82) is 0 Å². The van der Waals surface area contributed by atoms with Crippen LogP contribution in [-0.4, -0.2) is 30.1 Å². The summed E-state index contributed by atoms with van der Waals surface area (Å²) in [5.74, 6) is -3.81. The summed E-state index contributed by atoms with van der Waals surface area (Å²) in [5, 5.41) is 12.4. The standard InChI is InChI=1S/C10H9F2NO2S2/c11-10(12,5-14)4-13-9(15)8-3-7-6(17-8)1-2-16-7/h1-3,14H,4-5H2,(H,13,15). The van der Waals surface area contributed by atoms with Gasteiger partial charge in [-0.05, 0) is 17.5 Å². The normalized spacial score (nSPS) is 11.9. The van der Waals surface area contributed by atoms with E-state index in [0.717, 1.165) is 9.40 Å². The fraction of sp³-hybridized carbons (Fsp3) is 0.300. The number of nitrogens with one attached hydrogen (secondary N) is 1. The average molecular weight is 277 g/mol. The van der Waals surface area contributed by atoms with E-state index >= 15 is 0 Å². The largest absolute Gasteiger partial charge is 0.390 e. The first-order chi connectivity index (χ1) is 8.02. The maximum atomic E-state index is 12.7. The van der Waals surface area contributed by atoms with Gasteiger partial charge in [0, 0.05) is 9.40 Å². The molecule has 0 bridgehead atoms. The molecule has 2 aromatic heterocycles. The Morgan fingerprint density at radius 3 is 2.88 bits per heavy atom. The summed E-state index contributed by atoms with van der Waals surface area (Å²) in [4.78, 5) is 12.0. The number of fused-ring (bicyclic) bond motifs is 1. The summed E-state index contributed by atoms with van der Waals surface area (Å²) < 4.78 is 27.4. The Hall–Kier alpha value is -1.05. The molecule has 0 unspecified atom stereocenters. The van der Waals surface area contributed by atoms with Crippen LogP contribution in [0.25, 0.3) is 9.40 Å². The molecule has 0 saturated carbocycles. The fourth-order valence-corrected chi connectivity index (χ4v) is 3.26. The second-order valence-corrected chi connectivity index (χ2v) is 5.49. The van der Waals surface area contributed by atoms with E-state index in [1.807, 2.05) is 11.4 Å². The molecule has 0 saturated heterocycles. The van der Waals surface area contributed by atoms with Gasteiger partial charge in [-0.3, -0.25) is 4.79 Å². The number of alkyl halides is 2. The summed E-state index contributed by atoms with van der Waals surface area (Å²) in [6.07, 6.45) is 0. The molecule has 92 valence electrons. The molecule has 0 aliphatic heterocycles. The van der Waals surface area contributed by atoms with Crippen LogP contribution in [0.4, 0.5) is 8.78 Å². The number of rotatable bonds is 4. The van der Waals surface area contributed by atoms with E-state index in [9.17, 15) is 13.6 Å². The number of carbonyl (C=O) groups is 1. The summed E-state index contributed by atoms with van der Waals surface area (Å²) in [7, 11) is 0. The van der Waals surface area contributed by atoms with E-state index in [-0.39, 0.29) is 0 Å². The molecule has 0 aliphatic carbocycles. The van der Waals surface area contributed by atoms with Gasteiger partial charge in [0.2, 0.25) is 0 Å². The van der Waals surface area contributed by atoms with Gasteiger partial charge >= 0.3 is 0 Å². The van der Waals surface area contributed by atoms with E-state index in [0.29, 0.717) is 4.88 Å². The van der Waals surface area contributed by atoms with E-state index < -0.39 is 25.0 Å². The minimum atomic E-state index is -3.27. The molecule has 0 aliphatic rings. The topological polar surface area (TPSA) is 49.3 Å². The Labute approximate surface area is 104 Å². The predicted octanol–water partition coefficient (Wildman–Crippen LogP) is 2.32. The minimum Gasteiger partial charge on any atom is -0.390 e. The lowest BCUT2D eigenvalue weighted by atomic mass is 10.3. The zero-order valence-corrected chi connectivity index (χ0v) is 10.2. The lowest BCUT2D eigenvalue weighted by Gasteiger charge is -2.13. The highest BCUT2D eigenvalue weighted by Gasteiger charge is 2.28. The van der Waals surface area contributed by atoms with Crippen molar-refractivity contribution in [3.63, 3.8) is 0 Å². The Kier molecular flexibility index (Phi) is 3.41. The van der Waals surface area contributed by atoms with Crippen LogP contribution in [0.1, 0.15) is 9.67 Å². The first kappa shape index (κ1) is 12.4. The Morgan fingerprint density at radius 1 is 1.47 bits per heavy atom. The SMILES string of the molecule is O=C(NCC(F)(F)CO)c1cc2sccc2s1. The van der Waals surface area contributed by atoms with Crippen molar-refractivity contribution in [1.82, 2.24) is 5.32 Å². The van der Waals surface area contributed by atoms with Gasteiger partial charge in [0.15, 0.2) is 0 Å². The van der Waals surface area contributed by atoms with Gasteiger partial charge < -0.3 is 10.4 Å². The number of thiophene rings is 2. The van der Waals surface area contributed by atoms with Crippen molar-refractivity contribution >= 4 is 38.0 Å². The molecule has 7 heteroatoms. The quantitative estimate of drug-likeness (QED) is 0.901. The minimum absolute atomic E-state index is 0.403. The van der Waals surface area contributed by atoms with Gasteiger partial charge in [0.25, 0.3) is 11.8 Å². The molecule has 17 heavy (non-hydrogen) atoms. The third-order valence-corrected chi connectivity index (χ3v) is 4.19. The predicted molar refractivity (Wildman–Crippen MR) is 64.1 cm³/mol. The maximum absolute atomic E-state index is 12.7. The molecule has 0 spiro atoms. The summed E-state index contributed by atoms with van der Waals surface area (Å²) >= 11 is 2.76. The highest BCUT2D eigenvalue weighted by molar-refractivity contribution is 7.27. The Balaban J connectivity index is 2.03. The molecule has 0 aromatic carbocycles. The molecule has 0 fully saturated rings. The van der Waals surface area contributed by atoms with E-state index in [4.69, 9.17) is 5.11 Å². The van der Waals surface area contributed by atoms with Gasteiger partial charge in [-0.2, -0.15) is 0 Å². The van der Waals surface area contributed by atoms with Crippen LogP contribution < -0.4 is 5.32 Å². The van der Waals surface area contributed by atoms with Crippen molar-refractivity contribution in [2.24, 2.45) is 0 Å². The third kappa shape index (κ3) is 2.80. The number of hydrogen-bond acceptors (Lipinski definition) is 4. The van der Waals surface area contributed by atoms with E-state index in [2.05, 4.69) is 5.32 Å². The van der Waals surface area contributed by atoms with Crippen LogP contribution in [0.2, 0.25) is 0 Å². The van der Waals surface area contributed by atoms with Crippen LogP contribution >= 0.6 is 22.7 Å². The molecular weight excluding hydrogens is 268 g/mol. The number of amides is 1. The molecule has 2 heterocycles. The molecule has 3 nitrogen and oxygen atoms in total. The second kappa shape index (κ2) is 4.67. The number of hydrogen-bond donors (Lipinski definition) is 2. The van der Waals surface area contributed by atoms with Gasteiger partial charge in [-0.15, -0.1) is 22.7 Å². The third-order valence-electron chi connectivity index (χ3n) is 2.10. The smallest absolute Gasteiger partial charge is 0.287 e. The zero-order valence-electron chi connectivity index (χ0n) is 8.57. The lowest BCUT2D eigenvalue weighted by Crippen LogP contribution is -2.38. The van der Waals surface area contributed by atoms with Crippen molar-refractivity contribution in [3.8, 4) is 0 Å². The summed E-state index contributed by atoms with van der Waals surface area (Å²) in [5.41, 5.74) is 0. The van der Waals surface area contributed by atoms with Crippen molar-refractivity contribution in [3.05, 3.63) is 22.4 Å². The number of halogens is 2. The van der Waals surface area contributed by atoms with Crippen LogP contribution in [-0.2, 0) is 0 Å². The summed E-state index contributed by atoms with van der Waals surface area (Å²) in [6.45, 7) is -2.12. The molecular formula is C10H9F2NO2S2. The molecule has 1 amide bonds. The van der Waals surface area contributed by atoms with Gasteiger partial charge in [-0.25, -0.2) is 8.78 Å². The Bertz CT molecular complexity index is 507.